The number of piperazine rings is 1. The van der Waals surface area contributed by atoms with Gasteiger partial charge in [-0.15, -0.1) is 0 Å². The van der Waals surface area contributed by atoms with Crippen molar-refractivity contribution in [3.05, 3.63) is 78.4 Å². The minimum absolute atomic E-state index is 0.232. The number of imidazole rings is 1. The molecule has 1 fully saturated rings. The van der Waals surface area contributed by atoms with Crippen molar-refractivity contribution < 1.29 is 4.39 Å². The maximum atomic E-state index is 14.1. The smallest absolute Gasteiger partial charge is 0.210 e. The average molecular weight is 336 g/mol. The summed E-state index contributed by atoms with van der Waals surface area (Å²) in [5.74, 6) is 0.578. The van der Waals surface area contributed by atoms with E-state index < -0.39 is 0 Å². The van der Waals surface area contributed by atoms with Gasteiger partial charge in [-0.2, -0.15) is 0 Å². The zero-order valence-corrected chi connectivity index (χ0v) is 14.1. The quantitative estimate of drug-likeness (QED) is 0.730. The highest BCUT2D eigenvalue weighted by molar-refractivity contribution is 5.44. The number of halogens is 1. The predicted molar refractivity (Wildman–Crippen MR) is 97.5 cm³/mol. The van der Waals surface area contributed by atoms with E-state index in [2.05, 4.69) is 39.0 Å². The third kappa shape index (κ3) is 3.42. The molecule has 1 aliphatic rings. The van der Waals surface area contributed by atoms with Crippen LogP contribution in [0.15, 0.2) is 67.0 Å². The number of anilines is 1. The van der Waals surface area contributed by atoms with Gasteiger partial charge in [-0.05, 0) is 17.7 Å². The summed E-state index contributed by atoms with van der Waals surface area (Å²) in [6, 6.07) is 17.4. The Morgan fingerprint density at radius 2 is 1.60 bits per heavy atom. The van der Waals surface area contributed by atoms with Crippen LogP contribution < -0.4 is 4.90 Å². The van der Waals surface area contributed by atoms with Gasteiger partial charge in [-0.3, -0.25) is 9.47 Å². The highest BCUT2D eigenvalue weighted by atomic mass is 19.1. The zero-order chi connectivity index (χ0) is 17.1. The standard InChI is InChI=1S/C20H21FN4/c21-18-8-4-5-9-19(18)25-11-10-22-20(25)24-14-12-23(13-15-24)16-17-6-2-1-3-7-17/h1-11H,12-16H2. The van der Waals surface area contributed by atoms with Crippen molar-refractivity contribution in [1.29, 1.82) is 0 Å². The summed E-state index contributed by atoms with van der Waals surface area (Å²) < 4.78 is 16.0. The van der Waals surface area contributed by atoms with E-state index in [9.17, 15) is 4.39 Å². The molecule has 0 atom stereocenters. The van der Waals surface area contributed by atoms with E-state index in [0.29, 0.717) is 5.69 Å². The van der Waals surface area contributed by atoms with Gasteiger partial charge in [0.1, 0.15) is 5.82 Å². The fourth-order valence-corrected chi connectivity index (χ4v) is 3.31. The monoisotopic (exact) mass is 336 g/mol. The maximum absolute atomic E-state index is 14.1. The van der Waals surface area contributed by atoms with Gasteiger partial charge in [-0.25, -0.2) is 9.37 Å². The van der Waals surface area contributed by atoms with Crippen LogP contribution in [0.25, 0.3) is 5.69 Å². The summed E-state index contributed by atoms with van der Waals surface area (Å²) >= 11 is 0. The lowest BCUT2D eigenvalue weighted by molar-refractivity contribution is 0.248. The highest BCUT2D eigenvalue weighted by Crippen LogP contribution is 2.22. The third-order valence-corrected chi connectivity index (χ3v) is 4.64. The number of benzene rings is 2. The summed E-state index contributed by atoms with van der Waals surface area (Å²) in [4.78, 5) is 9.15. The van der Waals surface area contributed by atoms with E-state index in [-0.39, 0.29) is 5.82 Å². The van der Waals surface area contributed by atoms with E-state index >= 15 is 0 Å². The molecule has 128 valence electrons. The predicted octanol–water partition coefficient (Wildman–Crippen LogP) is 3.33. The molecule has 0 N–H and O–H groups in total. The van der Waals surface area contributed by atoms with Crippen molar-refractivity contribution in [3.63, 3.8) is 0 Å². The molecule has 1 aliphatic heterocycles. The second-order valence-corrected chi connectivity index (χ2v) is 6.30. The molecule has 1 aromatic heterocycles. The number of hydrogen-bond acceptors (Lipinski definition) is 3. The Labute approximate surface area is 147 Å². The minimum atomic E-state index is -0.232. The van der Waals surface area contributed by atoms with Crippen LogP contribution in [0.5, 0.6) is 0 Å². The molecular formula is C20H21FN4. The topological polar surface area (TPSA) is 24.3 Å². The molecule has 0 radical (unpaired) electrons. The molecule has 5 heteroatoms. The van der Waals surface area contributed by atoms with Gasteiger partial charge >= 0.3 is 0 Å². The van der Waals surface area contributed by atoms with Crippen molar-refractivity contribution in [2.75, 3.05) is 31.1 Å². The number of aromatic nitrogens is 2. The van der Waals surface area contributed by atoms with E-state index in [0.717, 1.165) is 38.7 Å². The van der Waals surface area contributed by atoms with Crippen LogP contribution in [0.1, 0.15) is 5.56 Å². The Kier molecular flexibility index (Phi) is 4.48. The largest absolute Gasteiger partial charge is 0.339 e. The first-order valence-corrected chi connectivity index (χ1v) is 8.61. The van der Waals surface area contributed by atoms with E-state index in [1.165, 1.54) is 11.6 Å². The lowest BCUT2D eigenvalue weighted by atomic mass is 10.2. The molecule has 0 saturated carbocycles. The van der Waals surface area contributed by atoms with Crippen molar-refractivity contribution in [2.24, 2.45) is 0 Å². The minimum Gasteiger partial charge on any atom is -0.339 e. The summed E-state index contributed by atoms with van der Waals surface area (Å²) in [5, 5.41) is 0. The molecule has 4 nitrogen and oxygen atoms in total. The number of rotatable bonds is 4. The van der Waals surface area contributed by atoms with Crippen molar-refractivity contribution in [1.82, 2.24) is 14.5 Å². The van der Waals surface area contributed by atoms with Crippen LogP contribution in [0.2, 0.25) is 0 Å². The molecular weight excluding hydrogens is 315 g/mol. The van der Waals surface area contributed by atoms with E-state index in [1.807, 2.05) is 22.9 Å². The highest BCUT2D eigenvalue weighted by Gasteiger charge is 2.21. The Morgan fingerprint density at radius 3 is 2.36 bits per heavy atom. The van der Waals surface area contributed by atoms with Crippen LogP contribution in [-0.2, 0) is 6.54 Å². The summed E-state index contributed by atoms with van der Waals surface area (Å²) in [6.45, 7) is 4.69. The molecule has 3 aromatic rings. The van der Waals surface area contributed by atoms with Gasteiger partial charge in [0.25, 0.3) is 0 Å². The van der Waals surface area contributed by atoms with Gasteiger partial charge in [0.05, 0.1) is 5.69 Å². The normalized spacial score (nSPS) is 15.5. The number of hydrogen-bond donors (Lipinski definition) is 0. The summed E-state index contributed by atoms with van der Waals surface area (Å²) in [6.07, 6.45) is 3.56. The second-order valence-electron chi connectivity index (χ2n) is 6.30. The Morgan fingerprint density at radius 1 is 0.880 bits per heavy atom. The van der Waals surface area contributed by atoms with Crippen LogP contribution >= 0.6 is 0 Å². The molecule has 4 rings (SSSR count). The molecule has 0 spiro atoms. The van der Waals surface area contributed by atoms with Crippen molar-refractivity contribution in [3.8, 4) is 5.69 Å². The SMILES string of the molecule is Fc1ccccc1-n1ccnc1N1CCN(Cc2ccccc2)CC1. The molecule has 0 aliphatic carbocycles. The van der Waals surface area contributed by atoms with E-state index in [1.54, 1.807) is 18.3 Å². The summed E-state index contributed by atoms with van der Waals surface area (Å²) in [5.41, 5.74) is 1.88. The molecule has 25 heavy (non-hydrogen) atoms. The van der Waals surface area contributed by atoms with Gasteiger partial charge in [0.2, 0.25) is 5.95 Å². The van der Waals surface area contributed by atoms with Gasteiger partial charge in [0, 0.05) is 45.1 Å². The molecule has 1 saturated heterocycles. The Balaban J connectivity index is 1.45. The third-order valence-electron chi connectivity index (χ3n) is 4.64. The average Bonchev–Trinajstić information content (AvgIpc) is 3.13. The van der Waals surface area contributed by atoms with Crippen molar-refractivity contribution >= 4 is 5.95 Å². The first-order valence-electron chi connectivity index (χ1n) is 8.61. The fraction of sp³-hybridized carbons (Fsp3) is 0.250. The number of para-hydroxylation sites is 1. The number of nitrogens with zero attached hydrogens (tertiary/aromatic N) is 4. The summed E-state index contributed by atoms with van der Waals surface area (Å²) in [7, 11) is 0. The molecule has 0 bridgehead atoms. The van der Waals surface area contributed by atoms with Crippen LogP contribution in [-0.4, -0.2) is 40.6 Å². The molecule has 2 aromatic carbocycles. The van der Waals surface area contributed by atoms with Crippen LogP contribution in [0, 0.1) is 5.82 Å². The van der Waals surface area contributed by atoms with Crippen LogP contribution in [0.3, 0.4) is 0 Å². The van der Waals surface area contributed by atoms with Crippen LogP contribution in [0.4, 0.5) is 10.3 Å². The second kappa shape index (κ2) is 7.07. The zero-order valence-electron chi connectivity index (χ0n) is 14.1. The van der Waals surface area contributed by atoms with Crippen molar-refractivity contribution in [2.45, 2.75) is 6.54 Å². The first-order chi connectivity index (χ1) is 12.3. The van der Waals surface area contributed by atoms with E-state index in [4.69, 9.17) is 0 Å². The van der Waals surface area contributed by atoms with Gasteiger partial charge in [0.15, 0.2) is 0 Å². The molecule has 0 amide bonds. The lowest BCUT2D eigenvalue weighted by Crippen LogP contribution is -2.46. The first kappa shape index (κ1) is 15.8. The van der Waals surface area contributed by atoms with Gasteiger partial charge < -0.3 is 4.90 Å². The molecule has 2 heterocycles. The van der Waals surface area contributed by atoms with Gasteiger partial charge in [-0.1, -0.05) is 42.5 Å². The maximum Gasteiger partial charge on any atom is 0.210 e. The fourth-order valence-electron chi connectivity index (χ4n) is 3.31. The molecule has 0 unspecified atom stereocenters. The Bertz CT molecular complexity index is 822. The Hall–Kier alpha value is -2.66. The lowest BCUT2D eigenvalue weighted by Gasteiger charge is -2.35.